The van der Waals surface area contributed by atoms with Crippen LogP contribution in [0.3, 0.4) is 0 Å². The van der Waals surface area contributed by atoms with Crippen molar-refractivity contribution in [3.63, 3.8) is 0 Å². The van der Waals surface area contributed by atoms with Crippen LogP contribution in [0.4, 0.5) is 5.82 Å². The molecule has 1 N–H and O–H groups in total. The third kappa shape index (κ3) is 2.34. The average Bonchev–Trinajstić information content (AvgIpc) is 2.88. The Kier molecular flexibility index (Phi) is 3.60. The molecule has 0 fully saturated rings. The van der Waals surface area contributed by atoms with Crippen molar-refractivity contribution in [1.29, 1.82) is 0 Å². The fourth-order valence-electron chi connectivity index (χ4n) is 2.95. The third-order valence-electron chi connectivity index (χ3n) is 4.31. The second-order valence-corrected chi connectivity index (χ2v) is 5.83. The number of pyridine rings is 1. The van der Waals surface area contributed by atoms with Crippen LogP contribution in [0.2, 0.25) is 0 Å². The number of rotatable bonds is 2. The fraction of sp³-hybridized carbons (Fsp3) is 0.438. The first-order chi connectivity index (χ1) is 10.5. The molecule has 0 saturated carbocycles. The Morgan fingerprint density at radius 2 is 2.09 bits per heavy atom. The molecule has 6 nitrogen and oxygen atoms in total. The first-order valence-electron chi connectivity index (χ1n) is 7.52. The zero-order chi connectivity index (χ0) is 15.9. The molecule has 0 atom stereocenters. The van der Waals surface area contributed by atoms with Crippen LogP contribution < -0.4 is 10.9 Å². The van der Waals surface area contributed by atoms with Gasteiger partial charge in [0.05, 0.1) is 6.20 Å². The second kappa shape index (κ2) is 5.44. The smallest absolute Gasteiger partial charge is 0.263 e. The number of anilines is 1. The van der Waals surface area contributed by atoms with Gasteiger partial charge < -0.3 is 14.5 Å². The summed E-state index contributed by atoms with van der Waals surface area (Å²) in [7, 11) is 1.68. The molecular formula is C16H20N4O2. The van der Waals surface area contributed by atoms with Gasteiger partial charge in [0.15, 0.2) is 0 Å². The van der Waals surface area contributed by atoms with E-state index >= 15 is 0 Å². The molecule has 0 spiro atoms. The number of fused-ring (bicyclic) bond motifs is 1. The average molecular weight is 300 g/mol. The highest BCUT2D eigenvalue weighted by atomic mass is 16.2. The van der Waals surface area contributed by atoms with Crippen molar-refractivity contribution in [3.8, 4) is 0 Å². The van der Waals surface area contributed by atoms with Crippen molar-refractivity contribution in [1.82, 2.24) is 14.1 Å². The van der Waals surface area contributed by atoms with Gasteiger partial charge in [0, 0.05) is 25.7 Å². The summed E-state index contributed by atoms with van der Waals surface area (Å²) in [5.41, 5.74) is 1.45. The minimum absolute atomic E-state index is 0.194. The molecule has 1 amide bonds. The van der Waals surface area contributed by atoms with E-state index in [1.165, 1.54) is 4.57 Å². The summed E-state index contributed by atoms with van der Waals surface area (Å²) in [5.74, 6) is 1.29. The zero-order valence-corrected chi connectivity index (χ0v) is 13.1. The van der Waals surface area contributed by atoms with Gasteiger partial charge in [-0.15, -0.1) is 0 Å². The highest BCUT2D eigenvalue weighted by molar-refractivity contribution is 6.04. The molecule has 116 valence electrons. The Labute approximate surface area is 128 Å². The monoisotopic (exact) mass is 300 g/mol. The summed E-state index contributed by atoms with van der Waals surface area (Å²) in [6, 6.07) is 1.85. The molecule has 2 aromatic heterocycles. The number of imidazole rings is 1. The lowest BCUT2D eigenvalue weighted by molar-refractivity contribution is 0.102. The predicted octanol–water partition coefficient (Wildman–Crippen LogP) is 1.79. The normalized spacial score (nSPS) is 13.8. The van der Waals surface area contributed by atoms with Crippen molar-refractivity contribution in [2.45, 2.75) is 39.7 Å². The quantitative estimate of drug-likeness (QED) is 0.919. The van der Waals surface area contributed by atoms with E-state index in [0.29, 0.717) is 11.4 Å². The number of nitrogens with zero attached hydrogens (tertiary/aromatic N) is 3. The largest absolute Gasteiger partial charge is 0.315 e. The van der Waals surface area contributed by atoms with Crippen LogP contribution in [0.15, 0.2) is 17.1 Å². The van der Waals surface area contributed by atoms with Crippen molar-refractivity contribution < 1.29 is 4.79 Å². The summed E-state index contributed by atoms with van der Waals surface area (Å²) in [4.78, 5) is 29.2. The summed E-state index contributed by atoms with van der Waals surface area (Å²) in [5, 5.41) is 2.84. The molecule has 1 aliphatic rings. The summed E-state index contributed by atoms with van der Waals surface area (Å²) in [6.45, 7) is 4.49. The van der Waals surface area contributed by atoms with Crippen LogP contribution in [-0.2, 0) is 20.0 Å². The topological polar surface area (TPSA) is 68.9 Å². The number of hydrogen-bond acceptors (Lipinski definition) is 3. The van der Waals surface area contributed by atoms with Crippen molar-refractivity contribution in [3.05, 3.63) is 45.3 Å². The summed E-state index contributed by atoms with van der Waals surface area (Å²) in [6.07, 6.45) is 4.81. The lowest BCUT2D eigenvalue weighted by atomic mass is 10.1. The number of aromatic nitrogens is 3. The summed E-state index contributed by atoms with van der Waals surface area (Å²) < 4.78 is 3.52. The standard InChI is InChI=1S/C16H20N4O2/c1-10-8-11(2)19(3)16(22)14(10)15(21)18-13-9-17-12-6-4-5-7-20(12)13/h8-9H,4-7H2,1-3H3,(H,18,21). The predicted molar refractivity (Wildman–Crippen MR) is 84.3 cm³/mol. The molecule has 3 heterocycles. The van der Waals surface area contributed by atoms with Gasteiger partial charge in [-0.1, -0.05) is 0 Å². The number of aryl methyl sites for hydroxylation is 3. The first-order valence-corrected chi connectivity index (χ1v) is 7.52. The van der Waals surface area contributed by atoms with Gasteiger partial charge in [-0.3, -0.25) is 9.59 Å². The van der Waals surface area contributed by atoms with E-state index in [9.17, 15) is 9.59 Å². The van der Waals surface area contributed by atoms with Gasteiger partial charge >= 0.3 is 0 Å². The van der Waals surface area contributed by atoms with Gasteiger partial charge in [-0.25, -0.2) is 4.98 Å². The Balaban J connectivity index is 1.95. The summed E-state index contributed by atoms with van der Waals surface area (Å²) >= 11 is 0. The Morgan fingerprint density at radius 3 is 2.86 bits per heavy atom. The van der Waals surface area contributed by atoms with E-state index in [0.717, 1.165) is 37.3 Å². The van der Waals surface area contributed by atoms with Crippen molar-refractivity contribution in [2.24, 2.45) is 7.05 Å². The number of amides is 1. The van der Waals surface area contributed by atoms with E-state index in [1.807, 2.05) is 17.6 Å². The second-order valence-electron chi connectivity index (χ2n) is 5.83. The highest BCUT2D eigenvalue weighted by Crippen LogP contribution is 2.20. The SMILES string of the molecule is Cc1cc(C)n(C)c(=O)c1C(=O)Nc1cnc2n1CCCC2. The van der Waals surface area contributed by atoms with Crippen LogP contribution >= 0.6 is 0 Å². The molecule has 0 bridgehead atoms. The molecule has 22 heavy (non-hydrogen) atoms. The minimum Gasteiger partial charge on any atom is -0.315 e. The third-order valence-corrected chi connectivity index (χ3v) is 4.31. The molecule has 3 rings (SSSR count). The van der Waals surface area contributed by atoms with Crippen LogP contribution in [0.25, 0.3) is 0 Å². The lowest BCUT2D eigenvalue weighted by Gasteiger charge is -2.17. The molecule has 1 aliphatic heterocycles. The Morgan fingerprint density at radius 1 is 1.32 bits per heavy atom. The van der Waals surface area contributed by atoms with Crippen molar-refractivity contribution in [2.75, 3.05) is 5.32 Å². The van der Waals surface area contributed by atoms with Gasteiger partial charge in [0.2, 0.25) is 0 Å². The Bertz CT molecular complexity index is 801. The minimum atomic E-state index is -0.369. The van der Waals surface area contributed by atoms with E-state index in [2.05, 4.69) is 10.3 Å². The Hall–Kier alpha value is -2.37. The molecule has 0 aliphatic carbocycles. The van der Waals surface area contributed by atoms with Gasteiger partial charge in [0.1, 0.15) is 17.2 Å². The van der Waals surface area contributed by atoms with Crippen LogP contribution in [0.1, 0.15) is 40.3 Å². The number of carbonyl (C=O) groups excluding carboxylic acids is 1. The van der Waals surface area contributed by atoms with Crippen molar-refractivity contribution >= 4 is 11.7 Å². The molecule has 0 radical (unpaired) electrons. The number of hydrogen-bond donors (Lipinski definition) is 1. The maximum atomic E-state index is 12.5. The maximum Gasteiger partial charge on any atom is 0.263 e. The number of carbonyl (C=O) groups is 1. The van der Waals surface area contributed by atoms with Gasteiger partial charge in [-0.05, 0) is 38.3 Å². The van der Waals surface area contributed by atoms with E-state index < -0.39 is 0 Å². The van der Waals surface area contributed by atoms with Gasteiger partial charge in [-0.2, -0.15) is 0 Å². The molecule has 0 saturated heterocycles. The highest BCUT2D eigenvalue weighted by Gasteiger charge is 2.20. The van der Waals surface area contributed by atoms with Crippen LogP contribution in [0.5, 0.6) is 0 Å². The first kappa shape index (κ1) is 14.6. The molecule has 2 aromatic rings. The molecule has 0 aromatic carbocycles. The van der Waals surface area contributed by atoms with E-state index in [-0.39, 0.29) is 17.0 Å². The fourth-order valence-corrected chi connectivity index (χ4v) is 2.95. The molecule has 0 unspecified atom stereocenters. The lowest BCUT2D eigenvalue weighted by Crippen LogP contribution is -2.30. The maximum absolute atomic E-state index is 12.5. The van der Waals surface area contributed by atoms with Gasteiger partial charge in [0.25, 0.3) is 11.5 Å². The van der Waals surface area contributed by atoms with E-state index in [4.69, 9.17) is 0 Å². The molecular weight excluding hydrogens is 280 g/mol. The zero-order valence-electron chi connectivity index (χ0n) is 13.1. The van der Waals surface area contributed by atoms with Crippen LogP contribution in [0, 0.1) is 13.8 Å². The molecule has 6 heteroatoms. The number of nitrogens with one attached hydrogen (secondary N) is 1. The van der Waals surface area contributed by atoms with Crippen LogP contribution in [-0.4, -0.2) is 20.0 Å². The van der Waals surface area contributed by atoms with E-state index in [1.54, 1.807) is 20.2 Å².